The molecule has 0 N–H and O–H groups in total. The average Bonchev–Trinajstić information content (AvgIpc) is 3.50. The number of benzene rings is 1. The maximum Gasteiger partial charge on any atom is 0.355 e. The molecule has 3 aromatic heterocycles. The lowest BCUT2D eigenvalue weighted by Crippen LogP contribution is -2.25. The van der Waals surface area contributed by atoms with Crippen LogP contribution in [0, 0.1) is 5.92 Å². The first kappa shape index (κ1) is 29.5. The molecular weight excluding hydrogens is 602 g/mol. The predicted octanol–water partition coefficient (Wildman–Crippen LogP) is 6.10. The van der Waals surface area contributed by atoms with Crippen LogP contribution in [0.2, 0.25) is 25.7 Å². The second-order valence-electron chi connectivity index (χ2n) is 12.0. The third-order valence-corrected chi connectivity index (χ3v) is 10.2. The van der Waals surface area contributed by atoms with Crippen LogP contribution in [-0.4, -0.2) is 51.2 Å². The molecule has 1 aliphatic carbocycles. The van der Waals surface area contributed by atoms with Gasteiger partial charge in [-0.25, -0.2) is 4.79 Å². The lowest BCUT2D eigenvalue weighted by molar-refractivity contribution is 0.0477. The molecule has 0 bridgehead atoms. The van der Waals surface area contributed by atoms with Crippen LogP contribution in [0.15, 0.2) is 52.1 Å². The molecule has 0 aliphatic heterocycles. The van der Waals surface area contributed by atoms with Crippen LogP contribution >= 0.6 is 15.9 Å². The highest BCUT2D eigenvalue weighted by Gasteiger charge is 2.33. The number of fused-ring (bicyclic) bond motifs is 1. The van der Waals surface area contributed by atoms with E-state index in [-0.39, 0.29) is 24.8 Å². The molecule has 1 aromatic carbocycles. The van der Waals surface area contributed by atoms with E-state index >= 15 is 0 Å². The summed E-state index contributed by atoms with van der Waals surface area (Å²) < 4.78 is 17.3. The van der Waals surface area contributed by atoms with E-state index in [9.17, 15) is 9.59 Å². The molecule has 1 saturated carbocycles. The van der Waals surface area contributed by atoms with Gasteiger partial charge in [0.25, 0.3) is 5.56 Å². The van der Waals surface area contributed by atoms with Crippen molar-refractivity contribution < 1.29 is 14.3 Å². The summed E-state index contributed by atoms with van der Waals surface area (Å²) in [6.07, 6.45) is 7.00. The second kappa shape index (κ2) is 12.1. The summed E-state index contributed by atoms with van der Waals surface area (Å²) in [5.74, 6) is 1.03. The van der Waals surface area contributed by atoms with Crippen molar-refractivity contribution in [1.82, 2.24) is 23.9 Å². The first-order valence-corrected chi connectivity index (χ1v) is 18.7. The van der Waals surface area contributed by atoms with Gasteiger partial charge in [-0.15, -0.1) is 10.2 Å². The number of carbonyl (C=O) groups is 1. The number of rotatable bonds is 11. The summed E-state index contributed by atoms with van der Waals surface area (Å²) in [7, 11) is 0.665. The normalized spacial score (nSPS) is 14.8. The van der Waals surface area contributed by atoms with Crippen LogP contribution in [0.1, 0.15) is 54.0 Å². The van der Waals surface area contributed by atoms with E-state index < -0.39 is 14.0 Å². The first-order valence-electron chi connectivity index (χ1n) is 14.2. The molecule has 1 fully saturated rings. The summed E-state index contributed by atoms with van der Waals surface area (Å²) in [6, 6.07) is 10.8. The summed E-state index contributed by atoms with van der Waals surface area (Å²) in [6.45, 7) is 9.52. The molecule has 41 heavy (non-hydrogen) atoms. The quantitative estimate of drug-likeness (QED) is 0.112. The fourth-order valence-corrected chi connectivity index (χ4v) is 6.66. The van der Waals surface area contributed by atoms with Crippen molar-refractivity contribution in [3.05, 3.63) is 74.8 Å². The standard InChI is InChI=1S/C30H38BrN5O4Si/c1-6-40-30(38)25-16-23-24(31)17-35(29(37)27(23)36(25)19-39-13-14-41(3,4)5)22-12-8-11-21(15-22)26(20-9-7-10-20)28-33-32-18-34(28)2/h8,11-12,15-18,20,26H,6-7,9-10,13-14,19H2,1-5H3/t26-/m1/s1. The molecule has 1 aliphatic rings. The third kappa shape index (κ3) is 6.12. The highest BCUT2D eigenvalue weighted by atomic mass is 79.9. The third-order valence-electron chi connectivity index (χ3n) is 7.87. The molecule has 0 amide bonds. The molecule has 0 saturated heterocycles. The van der Waals surface area contributed by atoms with Gasteiger partial charge in [-0.05, 0) is 71.4 Å². The number of halogens is 1. The number of aryl methyl sites for hydroxylation is 1. The molecule has 3 heterocycles. The molecule has 4 aromatic rings. The first-order chi connectivity index (χ1) is 19.6. The monoisotopic (exact) mass is 639 g/mol. The van der Waals surface area contributed by atoms with E-state index in [2.05, 4.69) is 57.9 Å². The van der Waals surface area contributed by atoms with E-state index in [4.69, 9.17) is 9.47 Å². The topological polar surface area (TPSA) is 93.2 Å². The van der Waals surface area contributed by atoms with Gasteiger partial charge in [0, 0.05) is 49.4 Å². The highest BCUT2D eigenvalue weighted by Crippen LogP contribution is 2.43. The molecule has 218 valence electrons. The summed E-state index contributed by atoms with van der Waals surface area (Å²) in [5, 5.41) is 9.22. The smallest absolute Gasteiger partial charge is 0.355 e. The number of hydrogen-bond donors (Lipinski definition) is 0. The summed E-state index contributed by atoms with van der Waals surface area (Å²) in [5.41, 5.74) is 2.30. The van der Waals surface area contributed by atoms with Crippen molar-refractivity contribution in [3.8, 4) is 5.69 Å². The number of hydrogen-bond acceptors (Lipinski definition) is 6. The molecule has 1 atom stereocenters. The van der Waals surface area contributed by atoms with Gasteiger partial charge in [0.1, 0.15) is 30.1 Å². The van der Waals surface area contributed by atoms with Crippen LogP contribution in [0.4, 0.5) is 0 Å². The number of pyridine rings is 1. The van der Waals surface area contributed by atoms with Gasteiger partial charge in [0.15, 0.2) is 0 Å². The zero-order valence-corrected chi connectivity index (χ0v) is 27.0. The van der Waals surface area contributed by atoms with Gasteiger partial charge >= 0.3 is 5.97 Å². The Labute approximate surface area is 249 Å². The van der Waals surface area contributed by atoms with Gasteiger partial charge in [-0.2, -0.15) is 0 Å². The lowest BCUT2D eigenvalue weighted by atomic mass is 9.72. The SMILES string of the molecule is CCOC(=O)c1cc2c(Br)cn(-c3cccc([C@H](c4nncn4C)C4CCC4)c3)c(=O)c2n1COCC[Si](C)(C)C. The second-order valence-corrected chi connectivity index (χ2v) is 18.5. The molecule has 0 spiro atoms. The largest absolute Gasteiger partial charge is 0.461 e. The van der Waals surface area contributed by atoms with E-state index in [0.29, 0.717) is 33.6 Å². The maximum absolute atomic E-state index is 14.1. The lowest BCUT2D eigenvalue weighted by Gasteiger charge is -2.33. The van der Waals surface area contributed by atoms with Crippen molar-refractivity contribution in [2.45, 2.75) is 64.5 Å². The number of nitrogens with zero attached hydrogens (tertiary/aromatic N) is 5. The van der Waals surface area contributed by atoms with Crippen molar-refractivity contribution in [2.24, 2.45) is 13.0 Å². The number of aromatic nitrogens is 5. The molecule has 9 nitrogen and oxygen atoms in total. The van der Waals surface area contributed by atoms with Crippen LogP contribution in [-0.2, 0) is 23.3 Å². The minimum atomic E-state index is -1.31. The zero-order valence-electron chi connectivity index (χ0n) is 24.4. The molecule has 0 unspecified atom stereocenters. The molecular formula is C30H38BrN5O4Si. The Morgan fingerprint density at radius 3 is 2.63 bits per heavy atom. The van der Waals surface area contributed by atoms with E-state index in [1.165, 1.54) is 6.42 Å². The Kier molecular flexibility index (Phi) is 8.67. The van der Waals surface area contributed by atoms with E-state index in [1.807, 2.05) is 23.7 Å². The van der Waals surface area contributed by atoms with Gasteiger partial charge < -0.3 is 18.6 Å². The van der Waals surface area contributed by atoms with Crippen molar-refractivity contribution in [2.75, 3.05) is 13.2 Å². The van der Waals surface area contributed by atoms with Crippen molar-refractivity contribution >= 4 is 40.9 Å². The van der Waals surface area contributed by atoms with Gasteiger partial charge in [0.05, 0.1) is 6.61 Å². The highest BCUT2D eigenvalue weighted by molar-refractivity contribution is 9.10. The molecule has 0 radical (unpaired) electrons. The Balaban J connectivity index is 1.59. The number of ether oxygens (including phenoxy) is 2. The minimum Gasteiger partial charge on any atom is -0.461 e. The van der Waals surface area contributed by atoms with Gasteiger partial charge in [-0.3, -0.25) is 9.36 Å². The maximum atomic E-state index is 14.1. The Hall–Kier alpha value is -3.02. The molecule has 11 heteroatoms. The fraction of sp³-hybridized carbons (Fsp3) is 0.467. The summed E-state index contributed by atoms with van der Waals surface area (Å²) in [4.78, 5) is 27.1. The van der Waals surface area contributed by atoms with Crippen LogP contribution in [0.3, 0.4) is 0 Å². The average molecular weight is 641 g/mol. The molecule has 5 rings (SSSR count). The van der Waals surface area contributed by atoms with Crippen LogP contribution in [0.5, 0.6) is 0 Å². The Morgan fingerprint density at radius 2 is 2.00 bits per heavy atom. The Bertz CT molecular complexity index is 1620. The minimum absolute atomic E-state index is 0.0871. The van der Waals surface area contributed by atoms with E-state index in [0.717, 1.165) is 36.0 Å². The van der Waals surface area contributed by atoms with Crippen molar-refractivity contribution in [3.63, 3.8) is 0 Å². The predicted molar refractivity (Wildman–Crippen MR) is 165 cm³/mol. The van der Waals surface area contributed by atoms with Crippen LogP contribution < -0.4 is 5.56 Å². The van der Waals surface area contributed by atoms with Gasteiger partial charge in [0.2, 0.25) is 0 Å². The van der Waals surface area contributed by atoms with Crippen LogP contribution in [0.25, 0.3) is 16.6 Å². The van der Waals surface area contributed by atoms with Crippen molar-refractivity contribution in [1.29, 1.82) is 0 Å². The zero-order chi connectivity index (χ0) is 29.3. The van der Waals surface area contributed by atoms with E-state index in [1.54, 1.807) is 34.6 Å². The van der Waals surface area contributed by atoms with Gasteiger partial charge in [-0.1, -0.05) is 38.2 Å². The Morgan fingerprint density at radius 1 is 1.22 bits per heavy atom. The number of carbonyl (C=O) groups excluding carboxylic acids is 1. The number of esters is 1. The summed E-state index contributed by atoms with van der Waals surface area (Å²) >= 11 is 3.67. The fourth-order valence-electron chi connectivity index (χ4n) is 5.40.